The Kier molecular flexibility index (Phi) is 4.16. The first-order chi connectivity index (χ1) is 11.1. The number of hydrogen-bond acceptors (Lipinski definition) is 4. The van der Waals surface area contributed by atoms with Gasteiger partial charge < -0.3 is 19.6 Å². The average molecular weight is 327 g/mol. The van der Waals surface area contributed by atoms with Crippen molar-refractivity contribution >= 4 is 40.6 Å². The van der Waals surface area contributed by atoms with Gasteiger partial charge in [-0.3, -0.25) is 4.79 Å². The number of hydrogen-bond donors (Lipinski definition) is 2. The third kappa shape index (κ3) is 3.27. The first-order valence-corrected chi connectivity index (χ1v) is 7.73. The third-order valence-corrected chi connectivity index (χ3v) is 3.89. The molecule has 0 saturated carbocycles. The van der Waals surface area contributed by atoms with E-state index in [1.807, 2.05) is 31.3 Å². The van der Waals surface area contributed by atoms with E-state index in [2.05, 4.69) is 22.1 Å². The lowest BCUT2D eigenvalue weighted by Crippen LogP contribution is -2.16. The predicted molar refractivity (Wildman–Crippen MR) is 94.7 cm³/mol. The van der Waals surface area contributed by atoms with Crippen LogP contribution in [0.15, 0.2) is 46.9 Å². The van der Waals surface area contributed by atoms with Crippen LogP contribution in [0.4, 0.5) is 11.4 Å². The van der Waals surface area contributed by atoms with Crippen LogP contribution in [-0.4, -0.2) is 24.5 Å². The van der Waals surface area contributed by atoms with E-state index in [1.165, 1.54) is 0 Å². The van der Waals surface area contributed by atoms with Crippen LogP contribution in [0, 0.1) is 4.84 Å². The Bertz CT molecular complexity index is 913. The van der Waals surface area contributed by atoms with Crippen LogP contribution in [0.3, 0.4) is 0 Å². The van der Waals surface area contributed by atoms with E-state index in [-0.39, 0.29) is 5.91 Å². The number of H-pyrrole nitrogens is 1. The summed E-state index contributed by atoms with van der Waals surface area (Å²) in [5, 5.41) is 2.91. The molecule has 0 atom stereocenters. The molecule has 5 nitrogen and oxygen atoms in total. The molecule has 0 bridgehead atoms. The number of carbonyl (C=O) groups is 1. The minimum absolute atomic E-state index is 0.189. The van der Waals surface area contributed by atoms with E-state index in [0.717, 1.165) is 23.4 Å². The average Bonchev–Trinajstić information content (AvgIpc) is 2.93. The second-order valence-corrected chi connectivity index (χ2v) is 5.61. The molecule has 2 N–H and O–H groups in total. The summed E-state index contributed by atoms with van der Waals surface area (Å²) < 4.78 is 5.35. The monoisotopic (exact) mass is 327 g/mol. The second kappa shape index (κ2) is 6.26. The number of aromatic amines is 1. The van der Waals surface area contributed by atoms with Crippen molar-refractivity contribution in [3.05, 3.63) is 52.9 Å². The fraction of sp³-hybridized carbons (Fsp3) is 0.176. The number of rotatable bonds is 4. The van der Waals surface area contributed by atoms with Gasteiger partial charge in [0.25, 0.3) is 10.7 Å². The van der Waals surface area contributed by atoms with E-state index in [1.54, 1.807) is 18.2 Å². The molecular weight excluding hydrogens is 310 g/mol. The Morgan fingerprint density at radius 2 is 2.13 bits per heavy atom. The molecule has 1 aromatic heterocycles. The molecule has 0 saturated heterocycles. The molecule has 0 aliphatic rings. The van der Waals surface area contributed by atoms with Crippen molar-refractivity contribution in [2.24, 2.45) is 0 Å². The highest BCUT2D eigenvalue weighted by atomic mass is 32.1. The van der Waals surface area contributed by atoms with Gasteiger partial charge in [-0.1, -0.05) is 6.07 Å². The van der Waals surface area contributed by atoms with E-state index in [4.69, 9.17) is 16.6 Å². The highest BCUT2D eigenvalue weighted by molar-refractivity contribution is 7.71. The topological polar surface area (TPSA) is 61.3 Å². The molecule has 3 aromatic rings. The highest BCUT2D eigenvalue weighted by Gasteiger charge is 2.09. The zero-order chi connectivity index (χ0) is 16.4. The summed E-state index contributed by atoms with van der Waals surface area (Å²) in [5.41, 5.74) is 3.67. The van der Waals surface area contributed by atoms with Gasteiger partial charge in [-0.15, -0.1) is 0 Å². The van der Waals surface area contributed by atoms with Gasteiger partial charge in [-0.2, -0.15) is 0 Å². The van der Waals surface area contributed by atoms with Crippen molar-refractivity contribution in [2.45, 2.75) is 6.92 Å². The summed E-state index contributed by atoms with van der Waals surface area (Å²) >= 11 is 4.95. The molecular formula is C17H17N3O2S. The van der Waals surface area contributed by atoms with Crippen molar-refractivity contribution in [3.63, 3.8) is 0 Å². The smallest absolute Gasteiger partial charge is 0.266 e. The van der Waals surface area contributed by atoms with Gasteiger partial charge in [0, 0.05) is 30.5 Å². The maximum Gasteiger partial charge on any atom is 0.266 e. The second-order valence-electron chi connectivity index (χ2n) is 5.24. The molecule has 23 heavy (non-hydrogen) atoms. The Balaban J connectivity index is 1.84. The fourth-order valence-electron chi connectivity index (χ4n) is 2.29. The maximum atomic E-state index is 12.4. The van der Waals surface area contributed by atoms with E-state index in [0.29, 0.717) is 16.0 Å². The van der Waals surface area contributed by atoms with Crippen LogP contribution >= 0.6 is 12.2 Å². The minimum atomic E-state index is -0.189. The molecule has 0 aliphatic heterocycles. The molecule has 6 heteroatoms. The number of nitrogens with zero attached hydrogens (tertiary/aromatic N) is 1. The van der Waals surface area contributed by atoms with Crippen LogP contribution in [0.5, 0.6) is 0 Å². The van der Waals surface area contributed by atoms with Crippen LogP contribution in [0.1, 0.15) is 17.3 Å². The maximum absolute atomic E-state index is 12.4. The summed E-state index contributed by atoms with van der Waals surface area (Å²) in [4.78, 5) is 17.7. The van der Waals surface area contributed by atoms with Gasteiger partial charge in [0.05, 0.1) is 5.52 Å². The highest BCUT2D eigenvalue weighted by Crippen LogP contribution is 2.20. The zero-order valence-electron chi connectivity index (χ0n) is 12.9. The van der Waals surface area contributed by atoms with Crippen LogP contribution in [-0.2, 0) is 0 Å². The molecule has 0 radical (unpaired) electrons. The number of nitrogens with one attached hydrogen (secondary N) is 2. The van der Waals surface area contributed by atoms with Crippen molar-refractivity contribution in [3.8, 4) is 0 Å². The lowest BCUT2D eigenvalue weighted by Gasteiger charge is -2.17. The summed E-state index contributed by atoms with van der Waals surface area (Å²) in [6, 6.07) is 12.9. The largest absolute Gasteiger partial charge is 0.429 e. The standard InChI is InChI=1S/C17H17N3O2S/c1-3-20(2)13-6-4-5-12(10-13)18-16(21)11-7-8-14-15(9-11)22-17(23)19-14/h4-10H,3H2,1-2H3,(H,18,21)(H,19,23). The van der Waals surface area contributed by atoms with Crippen LogP contribution in [0.2, 0.25) is 0 Å². The summed E-state index contributed by atoms with van der Waals surface area (Å²) in [6.07, 6.45) is 0. The Morgan fingerprint density at radius 3 is 2.91 bits per heavy atom. The molecule has 0 unspecified atom stereocenters. The van der Waals surface area contributed by atoms with E-state index < -0.39 is 0 Å². The number of carbonyl (C=O) groups excluding carboxylic acids is 1. The van der Waals surface area contributed by atoms with Gasteiger partial charge in [0.15, 0.2) is 5.58 Å². The number of aromatic nitrogens is 1. The number of benzene rings is 2. The Labute approximate surface area is 138 Å². The third-order valence-electron chi connectivity index (χ3n) is 3.70. The fourth-order valence-corrected chi connectivity index (χ4v) is 2.49. The van der Waals surface area contributed by atoms with Crippen molar-refractivity contribution in [1.29, 1.82) is 0 Å². The molecule has 2 aromatic carbocycles. The van der Waals surface area contributed by atoms with Crippen molar-refractivity contribution < 1.29 is 9.21 Å². The zero-order valence-corrected chi connectivity index (χ0v) is 13.7. The number of amides is 1. The number of fused-ring (bicyclic) bond motifs is 1. The predicted octanol–water partition coefficient (Wildman–Crippen LogP) is 4.20. The van der Waals surface area contributed by atoms with Gasteiger partial charge in [-0.25, -0.2) is 0 Å². The summed E-state index contributed by atoms with van der Waals surface area (Å²) in [7, 11) is 2.01. The van der Waals surface area contributed by atoms with Gasteiger partial charge in [0.1, 0.15) is 0 Å². The number of oxazole rings is 1. The first kappa shape index (κ1) is 15.3. The van der Waals surface area contributed by atoms with E-state index in [9.17, 15) is 4.79 Å². The molecule has 0 spiro atoms. The Hall–Kier alpha value is -2.60. The van der Waals surface area contributed by atoms with Crippen molar-refractivity contribution in [2.75, 3.05) is 23.8 Å². The van der Waals surface area contributed by atoms with Crippen LogP contribution < -0.4 is 10.2 Å². The van der Waals surface area contributed by atoms with Gasteiger partial charge in [0.2, 0.25) is 0 Å². The molecule has 0 fully saturated rings. The summed E-state index contributed by atoms with van der Waals surface area (Å²) in [6.45, 7) is 2.97. The normalized spacial score (nSPS) is 10.7. The first-order valence-electron chi connectivity index (χ1n) is 7.32. The summed E-state index contributed by atoms with van der Waals surface area (Å²) in [5.74, 6) is -0.189. The molecule has 1 heterocycles. The lowest BCUT2D eigenvalue weighted by atomic mass is 10.2. The molecule has 0 aliphatic carbocycles. The molecule has 3 rings (SSSR count). The quantitative estimate of drug-likeness (QED) is 0.705. The van der Waals surface area contributed by atoms with E-state index >= 15 is 0 Å². The molecule has 118 valence electrons. The van der Waals surface area contributed by atoms with Crippen LogP contribution in [0.25, 0.3) is 11.1 Å². The lowest BCUT2D eigenvalue weighted by molar-refractivity contribution is 0.102. The SMILES string of the molecule is CCN(C)c1cccc(NC(=O)c2ccc3[nH]c(=S)oc3c2)c1. The van der Waals surface area contributed by atoms with Gasteiger partial charge in [-0.05, 0) is 55.5 Å². The minimum Gasteiger partial charge on any atom is -0.429 e. The Morgan fingerprint density at radius 1 is 1.30 bits per heavy atom. The number of anilines is 2. The van der Waals surface area contributed by atoms with Gasteiger partial charge >= 0.3 is 0 Å². The molecule has 1 amide bonds. The van der Waals surface area contributed by atoms with Crippen molar-refractivity contribution in [1.82, 2.24) is 4.98 Å².